The van der Waals surface area contributed by atoms with E-state index in [1.807, 2.05) is 39.0 Å². The van der Waals surface area contributed by atoms with Gasteiger partial charge in [0.05, 0.1) is 0 Å². The van der Waals surface area contributed by atoms with Crippen molar-refractivity contribution in [2.24, 2.45) is 0 Å². The number of benzene rings is 1. The first-order chi connectivity index (χ1) is 9.45. The van der Waals surface area contributed by atoms with Crippen LogP contribution in [-0.4, -0.2) is 35.1 Å². The summed E-state index contributed by atoms with van der Waals surface area (Å²) < 4.78 is 0. The summed E-state index contributed by atoms with van der Waals surface area (Å²) >= 11 is 6.05. The van der Waals surface area contributed by atoms with Crippen LogP contribution in [0.5, 0.6) is 0 Å². The summed E-state index contributed by atoms with van der Waals surface area (Å²) in [5.74, 6) is -0.0508. The number of aliphatic hydroxyl groups is 1. The number of carbonyl (C=O) groups excluding carboxylic acids is 1. The second-order valence-corrected chi connectivity index (χ2v) is 5.45. The summed E-state index contributed by atoms with van der Waals surface area (Å²) in [5, 5.41) is 9.57. The van der Waals surface area contributed by atoms with Gasteiger partial charge in [-0.2, -0.15) is 0 Å². The van der Waals surface area contributed by atoms with Crippen LogP contribution in [0.3, 0.4) is 0 Å². The molecule has 0 saturated heterocycles. The fourth-order valence-corrected chi connectivity index (χ4v) is 2.03. The van der Waals surface area contributed by atoms with Crippen molar-refractivity contribution >= 4 is 23.6 Å². The molecule has 1 aromatic carbocycles. The SMILES string of the molecule is Cc1ccc(/C=C/C(=O)N(CCCO)C(C)C)cc1Cl. The minimum atomic E-state index is -0.0508. The summed E-state index contributed by atoms with van der Waals surface area (Å²) in [5.41, 5.74) is 1.92. The van der Waals surface area contributed by atoms with Gasteiger partial charge in [0.15, 0.2) is 0 Å². The maximum atomic E-state index is 12.1. The molecule has 0 spiro atoms. The number of hydrogen-bond donors (Lipinski definition) is 1. The molecule has 0 aromatic heterocycles. The van der Waals surface area contributed by atoms with Crippen molar-refractivity contribution < 1.29 is 9.90 Å². The predicted octanol–water partition coefficient (Wildman–Crippen LogP) is 3.28. The van der Waals surface area contributed by atoms with Crippen molar-refractivity contribution in [2.75, 3.05) is 13.2 Å². The zero-order chi connectivity index (χ0) is 15.1. The molecule has 4 heteroatoms. The fraction of sp³-hybridized carbons (Fsp3) is 0.438. The second kappa shape index (κ2) is 8.08. The van der Waals surface area contributed by atoms with Crippen LogP contribution in [0.4, 0.5) is 0 Å². The zero-order valence-corrected chi connectivity index (χ0v) is 13.0. The van der Waals surface area contributed by atoms with Crippen LogP contribution in [0.1, 0.15) is 31.4 Å². The molecular weight excluding hydrogens is 274 g/mol. The Balaban J connectivity index is 2.75. The molecule has 0 heterocycles. The molecule has 0 aliphatic rings. The van der Waals surface area contributed by atoms with E-state index in [2.05, 4.69) is 0 Å². The Bertz CT molecular complexity index is 483. The fourth-order valence-electron chi connectivity index (χ4n) is 1.84. The first kappa shape index (κ1) is 16.7. The molecule has 1 rings (SSSR count). The topological polar surface area (TPSA) is 40.5 Å². The molecule has 110 valence electrons. The summed E-state index contributed by atoms with van der Waals surface area (Å²) in [4.78, 5) is 13.9. The van der Waals surface area contributed by atoms with E-state index in [9.17, 15) is 4.79 Å². The normalized spacial score (nSPS) is 11.3. The van der Waals surface area contributed by atoms with Gasteiger partial charge >= 0.3 is 0 Å². The molecule has 0 saturated carbocycles. The lowest BCUT2D eigenvalue weighted by Gasteiger charge is -2.25. The van der Waals surface area contributed by atoms with Crippen molar-refractivity contribution in [3.8, 4) is 0 Å². The van der Waals surface area contributed by atoms with Crippen LogP contribution in [0, 0.1) is 6.92 Å². The number of halogens is 1. The summed E-state index contributed by atoms with van der Waals surface area (Å²) in [7, 11) is 0. The molecule has 3 nitrogen and oxygen atoms in total. The number of amides is 1. The van der Waals surface area contributed by atoms with Gasteiger partial charge in [-0.3, -0.25) is 4.79 Å². The summed E-state index contributed by atoms with van der Waals surface area (Å²) in [6.45, 7) is 6.52. The molecule has 0 unspecified atom stereocenters. The molecule has 1 amide bonds. The number of rotatable bonds is 6. The van der Waals surface area contributed by atoms with E-state index >= 15 is 0 Å². The second-order valence-electron chi connectivity index (χ2n) is 5.04. The largest absolute Gasteiger partial charge is 0.396 e. The molecule has 1 N–H and O–H groups in total. The molecular formula is C16H22ClNO2. The van der Waals surface area contributed by atoms with Crippen molar-refractivity contribution in [1.82, 2.24) is 4.90 Å². The van der Waals surface area contributed by atoms with Crippen LogP contribution < -0.4 is 0 Å². The van der Waals surface area contributed by atoms with E-state index < -0.39 is 0 Å². The average Bonchev–Trinajstić information content (AvgIpc) is 2.40. The van der Waals surface area contributed by atoms with Gasteiger partial charge < -0.3 is 10.0 Å². The molecule has 0 atom stereocenters. The average molecular weight is 296 g/mol. The maximum absolute atomic E-state index is 12.1. The standard InChI is InChI=1S/C16H22ClNO2/c1-12(2)18(9-4-10-19)16(20)8-7-14-6-5-13(3)15(17)11-14/h5-8,11-12,19H,4,9-10H2,1-3H3/b8-7+. The van der Waals surface area contributed by atoms with Gasteiger partial charge in [-0.25, -0.2) is 0 Å². The van der Waals surface area contributed by atoms with Gasteiger partial charge in [0.25, 0.3) is 0 Å². The number of aliphatic hydroxyl groups excluding tert-OH is 1. The third-order valence-corrected chi connectivity index (χ3v) is 3.49. The van der Waals surface area contributed by atoms with E-state index in [1.54, 1.807) is 17.1 Å². The Hall–Kier alpha value is -1.32. The quantitative estimate of drug-likeness (QED) is 0.818. The van der Waals surface area contributed by atoms with E-state index in [0.717, 1.165) is 11.1 Å². The Labute approximate surface area is 125 Å². The van der Waals surface area contributed by atoms with Gasteiger partial charge in [0.2, 0.25) is 5.91 Å². The van der Waals surface area contributed by atoms with Crippen LogP contribution >= 0.6 is 11.6 Å². The Morgan fingerprint density at radius 3 is 2.70 bits per heavy atom. The molecule has 0 fully saturated rings. The predicted molar refractivity (Wildman–Crippen MR) is 83.8 cm³/mol. The van der Waals surface area contributed by atoms with Crippen molar-refractivity contribution in [3.63, 3.8) is 0 Å². The van der Waals surface area contributed by atoms with E-state index in [0.29, 0.717) is 18.0 Å². The highest BCUT2D eigenvalue weighted by atomic mass is 35.5. The zero-order valence-electron chi connectivity index (χ0n) is 12.3. The first-order valence-electron chi connectivity index (χ1n) is 6.81. The Morgan fingerprint density at radius 1 is 1.45 bits per heavy atom. The highest BCUT2D eigenvalue weighted by Gasteiger charge is 2.13. The van der Waals surface area contributed by atoms with Crippen molar-refractivity contribution in [1.29, 1.82) is 0 Å². The molecule has 0 bridgehead atoms. The third-order valence-electron chi connectivity index (χ3n) is 3.08. The lowest BCUT2D eigenvalue weighted by Crippen LogP contribution is -2.36. The van der Waals surface area contributed by atoms with Crippen molar-refractivity contribution in [2.45, 2.75) is 33.2 Å². The molecule has 1 aromatic rings. The number of aryl methyl sites for hydroxylation is 1. The van der Waals surface area contributed by atoms with Gasteiger partial charge in [0.1, 0.15) is 0 Å². The molecule has 0 radical (unpaired) electrons. The number of carbonyl (C=O) groups is 1. The lowest BCUT2D eigenvalue weighted by molar-refractivity contribution is -0.127. The van der Waals surface area contributed by atoms with E-state index in [1.165, 1.54) is 0 Å². The van der Waals surface area contributed by atoms with Crippen molar-refractivity contribution in [3.05, 3.63) is 40.4 Å². The first-order valence-corrected chi connectivity index (χ1v) is 7.19. The van der Waals surface area contributed by atoms with Crippen LogP contribution in [0.2, 0.25) is 5.02 Å². The smallest absolute Gasteiger partial charge is 0.246 e. The summed E-state index contributed by atoms with van der Waals surface area (Å²) in [6, 6.07) is 5.81. The maximum Gasteiger partial charge on any atom is 0.246 e. The minimum Gasteiger partial charge on any atom is -0.396 e. The van der Waals surface area contributed by atoms with E-state index in [4.69, 9.17) is 16.7 Å². The highest BCUT2D eigenvalue weighted by Crippen LogP contribution is 2.17. The van der Waals surface area contributed by atoms with Gasteiger partial charge in [0, 0.05) is 30.3 Å². The van der Waals surface area contributed by atoms with Crippen LogP contribution in [-0.2, 0) is 4.79 Å². The van der Waals surface area contributed by atoms with Gasteiger partial charge in [-0.1, -0.05) is 23.7 Å². The molecule has 0 aliphatic carbocycles. The number of nitrogens with zero attached hydrogens (tertiary/aromatic N) is 1. The van der Waals surface area contributed by atoms with Gasteiger partial charge in [-0.15, -0.1) is 0 Å². The Morgan fingerprint density at radius 2 is 2.15 bits per heavy atom. The Kier molecular flexibility index (Phi) is 6.76. The van der Waals surface area contributed by atoms with Gasteiger partial charge in [-0.05, 0) is 50.5 Å². The van der Waals surface area contributed by atoms with E-state index in [-0.39, 0.29) is 18.6 Å². The third kappa shape index (κ3) is 4.99. The minimum absolute atomic E-state index is 0.0508. The lowest BCUT2D eigenvalue weighted by atomic mass is 10.1. The van der Waals surface area contributed by atoms with Crippen LogP contribution in [0.25, 0.3) is 6.08 Å². The number of hydrogen-bond acceptors (Lipinski definition) is 2. The highest BCUT2D eigenvalue weighted by molar-refractivity contribution is 6.31. The molecule has 20 heavy (non-hydrogen) atoms. The monoisotopic (exact) mass is 295 g/mol. The molecule has 0 aliphatic heterocycles. The summed E-state index contributed by atoms with van der Waals surface area (Å²) in [6.07, 6.45) is 3.91. The van der Waals surface area contributed by atoms with Crippen LogP contribution in [0.15, 0.2) is 24.3 Å².